The molecular formula is C21H29N5O4. The quantitative estimate of drug-likeness (QED) is 0.557. The van der Waals surface area contributed by atoms with Gasteiger partial charge in [0.25, 0.3) is 5.69 Å². The monoisotopic (exact) mass is 415 g/mol. The Kier molecular flexibility index (Phi) is 6.06. The molecule has 1 aromatic rings. The molecule has 0 N–H and O–H groups in total. The molecule has 3 saturated heterocycles. The Hall–Kier alpha value is -2.84. The van der Waals surface area contributed by atoms with Gasteiger partial charge in [0.1, 0.15) is 0 Å². The number of non-ortho nitro benzene ring substituents is 1. The number of nitro groups is 1. The summed E-state index contributed by atoms with van der Waals surface area (Å²) in [6.07, 6.45) is 3.85. The van der Waals surface area contributed by atoms with Gasteiger partial charge < -0.3 is 19.6 Å². The van der Waals surface area contributed by atoms with Gasteiger partial charge in [0.2, 0.25) is 5.91 Å². The number of piperidine rings is 1. The SMILES string of the molecule is O=C([C@H]1CCCN(C(=O)N2CCCC2)C1)N1CCN(c2ccc([N+](=O)[O-])cc2)CC1. The van der Waals surface area contributed by atoms with Gasteiger partial charge in [-0.25, -0.2) is 4.79 Å². The zero-order valence-corrected chi connectivity index (χ0v) is 17.2. The molecule has 4 rings (SSSR count). The van der Waals surface area contributed by atoms with Crippen LogP contribution in [0.25, 0.3) is 0 Å². The lowest BCUT2D eigenvalue weighted by Crippen LogP contribution is -2.54. The number of carbonyl (C=O) groups is 2. The summed E-state index contributed by atoms with van der Waals surface area (Å²) in [5.41, 5.74) is 1.02. The van der Waals surface area contributed by atoms with Gasteiger partial charge in [0.15, 0.2) is 0 Å². The molecule has 3 fully saturated rings. The van der Waals surface area contributed by atoms with Crippen molar-refractivity contribution >= 4 is 23.3 Å². The highest BCUT2D eigenvalue weighted by molar-refractivity contribution is 5.81. The Labute approximate surface area is 176 Å². The summed E-state index contributed by atoms with van der Waals surface area (Å²) in [5.74, 6) is 0.0356. The van der Waals surface area contributed by atoms with Gasteiger partial charge >= 0.3 is 6.03 Å². The van der Waals surface area contributed by atoms with Crippen LogP contribution in [0.4, 0.5) is 16.2 Å². The van der Waals surface area contributed by atoms with E-state index in [1.165, 1.54) is 12.1 Å². The van der Waals surface area contributed by atoms with E-state index >= 15 is 0 Å². The maximum atomic E-state index is 13.1. The minimum Gasteiger partial charge on any atom is -0.368 e. The number of benzene rings is 1. The van der Waals surface area contributed by atoms with Crippen molar-refractivity contribution in [2.24, 2.45) is 5.92 Å². The average Bonchev–Trinajstić information content (AvgIpc) is 3.33. The number of likely N-dealkylation sites (tertiary alicyclic amines) is 2. The molecule has 0 aliphatic carbocycles. The third kappa shape index (κ3) is 4.34. The van der Waals surface area contributed by atoms with Crippen LogP contribution in [-0.4, -0.2) is 83.9 Å². The van der Waals surface area contributed by atoms with Crippen molar-refractivity contribution in [3.8, 4) is 0 Å². The van der Waals surface area contributed by atoms with E-state index in [9.17, 15) is 19.7 Å². The van der Waals surface area contributed by atoms with Crippen LogP contribution in [0, 0.1) is 16.0 Å². The zero-order chi connectivity index (χ0) is 21.1. The van der Waals surface area contributed by atoms with Crippen LogP contribution in [0.1, 0.15) is 25.7 Å². The van der Waals surface area contributed by atoms with Crippen molar-refractivity contribution in [2.75, 3.05) is 57.3 Å². The molecule has 3 aliphatic heterocycles. The lowest BCUT2D eigenvalue weighted by Gasteiger charge is -2.40. The number of piperazine rings is 1. The lowest BCUT2D eigenvalue weighted by atomic mass is 9.96. The highest BCUT2D eigenvalue weighted by Gasteiger charge is 2.34. The van der Waals surface area contributed by atoms with Crippen LogP contribution >= 0.6 is 0 Å². The standard InChI is InChI=1S/C21H29N5O4/c27-20(17-4-3-11-25(16-17)21(28)24-9-1-2-10-24)23-14-12-22(13-15-23)18-5-7-19(8-6-18)26(29)30/h5-8,17H,1-4,9-16H2/t17-/m0/s1. The van der Waals surface area contributed by atoms with Gasteiger partial charge in [0.05, 0.1) is 10.8 Å². The zero-order valence-electron chi connectivity index (χ0n) is 17.2. The number of rotatable bonds is 3. The number of nitro benzene ring substituents is 1. The highest BCUT2D eigenvalue weighted by atomic mass is 16.6. The van der Waals surface area contributed by atoms with Crippen LogP contribution in [0.2, 0.25) is 0 Å². The van der Waals surface area contributed by atoms with Gasteiger partial charge in [0, 0.05) is 70.2 Å². The number of urea groups is 1. The van der Waals surface area contributed by atoms with Crippen LogP contribution < -0.4 is 4.90 Å². The maximum Gasteiger partial charge on any atom is 0.320 e. The van der Waals surface area contributed by atoms with Gasteiger partial charge in [-0.2, -0.15) is 0 Å². The number of amides is 3. The minimum atomic E-state index is -0.400. The highest BCUT2D eigenvalue weighted by Crippen LogP contribution is 2.24. The van der Waals surface area contributed by atoms with E-state index in [0.717, 1.165) is 51.0 Å². The van der Waals surface area contributed by atoms with Crippen LogP contribution in [0.3, 0.4) is 0 Å². The second-order valence-corrected chi connectivity index (χ2v) is 8.35. The topological polar surface area (TPSA) is 90.2 Å². The number of carbonyl (C=O) groups excluding carboxylic acids is 2. The van der Waals surface area contributed by atoms with Crippen molar-refractivity contribution in [2.45, 2.75) is 25.7 Å². The fraction of sp³-hybridized carbons (Fsp3) is 0.619. The number of hydrogen-bond donors (Lipinski definition) is 0. The summed E-state index contributed by atoms with van der Waals surface area (Å²) >= 11 is 0. The van der Waals surface area contributed by atoms with Crippen molar-refractivity contribution in [1.29, 1.82) is 0 Å². The second-order valence-electron chi connectivity index (χ2n) is 8.35. The van der Waals surface area contributed by atoms with Crippen molar-refractivity contribution in [1.82, 2.24) is 14.7 Å². The molecule has 0 saturated carbocycles. The van der Waals surface area contributed by atoms with Crippen molar-refractivity contribution in [3.05, 3.63) is 34.4 Å². The van der Waals surface area contributed by atoms with E-state index in [-0.39, 0.29) is 23.5 Å². The smallest absolute Gasteiger partial charge is 0.320 e. The fourth-order valence-corrected chi connectivity index (χ4v) is 4.69. The molecule has 0 spiro atoms. The van der Waals surface area contributed by atoms with E-state index in [0.29, 0.717) is 32.7 Å². The first-order valence-electron chi connectivity index (χ1n) is 10.8. The number of hydrogen-bond acceptors (Lipinski definition) is 5. The van der Waals surface area contributed by atoms with E-state index in [1.807, 2.05) is 14.7 Å². The molecule has 0 bridgehead atoms. The van der Waals surface area contributed by atoms with Gasteiger partial charge in [-0.1, -0.05) is 0 Å². The summed E-state index contributed by atoms with van der Waals surface area (Å²) < 4.78 is 0. The summed E-state index contributed by atoms with van der Waals surface area (Å²) in [6.45, 7) is 5.60. The third-order valence-electron chi connectivity index (χ3n) is 6.43. The maximum absolute atomic E-state index is 13.1. The van der Waals surface area contributed by atoms with E-state index < -0.39 is 4.92 Å². The van der Waals surface area contributed by atoms with E-state index in [4.69, 9.17) is 0 Å². The first-order chi connectivity index (χ1) is 14.5. The summed E-state index contributed by atoms with van der Waals surface area (Å²) in [5, 5.41) is 10.8. The number of nitrogens with zero attached hydrogens (tertiary/aromatic N) is 5. The molecule has 162 valence electrons. The molecular weight excluding hydrogens is 386 g/mol. The molecule has 3 aliphatic rings. The predicted molar refractivity (Wildman–Crippen MR) is 112 cm³/mol. The molecule has 0 radical (unpaired) electrons. The third-order valence-corrected chi connectivity index (χ3v) is 6.43. The Balaban J connectivity index is 1.30. The van der Waals surface area contributed by atoms with E-state index in [1.54, 1.807) is 12.1 Å². The first-order valence-corrected chi connectivity index (χ1v) is 10.8. The molecule has 3 heterocycles. The summed E-state index contributed by atoms with van der Waals surface area (Å²) in [7, 11) is 0. The molecule has 9 nitrogen and oxygen atoms in total. The normalized spacial score (nSPS) is 22.3. The molecule has 3 amide bonds. The number of anilines is 1. The fourth-order valence-electron chi connectivity index (χ4n) is 4.69. The molecule has 1 aromatic carbocycles. The summed E-state index contributed by atoms with van der Waals surface area (Å²) in [6, 6.07) is 6.65. The molecule has 9 heteroatoms. The molecule has 0 unspecified atom stereocenters. The minimum absolute atomic E-state index is 0.0814. The molecule has 30 heavy (non-hydrogen) atoms. The Morgan fingerprint density at radius 2 is 1.47 bits per heavy atom. The predicted octanol–water partition coefficient (Wildman–Crippen LogP) is 2.17. The van der Waals surface area contributed by atoms with Crippen LogP contribution in [0.5, 0.6) is 0 Å². The van der Waals surface area contributed by atoms with Crippen LogP contribution in [-0.2, 0) is 4.79 Å². The second kappa shape index (κ2) is 8.89. The van der Waals surface area contributed by atoms with Gasteiger partial charge in [-0.3, -0.25) is 14.9 Å². The van der Waals surface area contributed by atoms with Crippen LogP contribution in [0.15, 0.2) is 24.3 Å². The Morgan fingerprint density at radius 1 is 0.833 bits per heavy atom. The van der Waals surface area contributed by atoms with Crippen molar-refractivity contribution in [3.63, 3.8) is 0 Å². The van der Waals surface area contributed by atoms with Crippen molar-refractivity contribution < 1.29 is 14.5 Å². The lowest BCUT2D eigenvalue weighted by molar-refractivity contribution is -0.384. The Bertz CT molecular complexity index is 785. The molecule has 1 atom stereocenters. The van der Waals surface area contributed by atoms with E-state index in [2.05, 4.69) is 4.90 Å². The first kappa shape index (κ1) is 20.4. The van der Waals surface area contributed by atoms with Gasteiger partial charge in [-0.05, 0) is 37.8 Å². The summed E-state index contributed by atoms with van der Waals surface area (Å²) in [4.78, 5) is 44.0. The molecule has 0 aromatic heterocycles. The average molecular weight is 415 g/mol. The van der Waals surface area contributed by atoms with Gasteiger partial charge in [-0.15, -0.1) is 0 Å². The largest absolute Gasteiger partial charge is 0.368 e. The Morgan fingerprint density at radius 3 is 2.10 bits per heavy atom.